The van der Waals surface area contributed by atoms with E-state index >= 15 is 0 Å². The molecule has 132 valence electrons. The number of halogens is 1. The third-order valence-corrected chi connectivity index (χ3v) is 5.91. The minimum Gasteiger partial charge on any atom is -0.456 e. The maximum absolute atomic E-state index is 12.5. The average molecular weight is 432 g/mol. The van der Waals surface area contributed by atoms with E-state index in [0.29, 0.717) is 23.3 Å². The molecule has 26 heavy (non-hydrogen) atoms. The second-order valence-electron chi connectivity index (χ2n) is 6.23. The lowest BCUT2D eigenvalue weighted by Crippen LogP contribution is -2.41. The van der Waals surface area contributed by atoms with Crippen LogP contribution in [0.3, 0.4) is 0 Å². The minimum absolute atomic E-state index is 0.118. The van der Waals surface area contributed by atoms with Gasteiger partial charge in [0.25, 0.3) is 0 Å². The fourth-order valence-electron chi connectivity index (χ4n) is 2.76. The lowest BCUT2D eigenvalue weighted by molar-refractivity contribution is -0.120. The van der Waals surface area contributed by atoms with Gasteiger partial charge in [0.2, 0.25) is 5.91 Å². The Hall–Kier alpha value is -2.21. The number of benzene rings is 2. The number of fused-ring (bicyclic) bond motifs is 3. The molecule has 8 heteroatoms. The van der Waals surface area contributed by atoms with E-state index in [-0.39, 0.29) is 12.5 Å². The molecule has 1 fully saturated rings. The number of nitrogens with one attached hydrogen (secondary N) is 2. The fraction of sp³-hybridized carbons (Fsp3) is 0.222. The third-order valence-electron chi connectivity index (χ3n) is 4.33. The third kappa shape index (κ3) is 3.26. The van der Waals surface area contributed by atoms with Crippen LogP contribution < -0.4 is 10.0 Å². The molecule has 1 heterocycles. The number of rotatable bonds is 5. The number of hydrogen-bond donors (Lipinski definition) is 2. The zero-order valence-electron chi connectivity index (χ0n) is 13.5. The molecule has 1 amide bonds. The molecule has 0 radical (unpaired) electrons. The van der Waals surface area contributed by atoms with E-state index in [1.807, 2.05) is 18.2 Å². The molecule has 6 nitrogen and oxygen atoms in total. The number of hydrogen-bond acceptors (Lipinski definition) is 4. The van der Waals surface area contributed by atoms with Crippen LogP contribution in [0.1, 0.15) is 12.8 Å². The normalized spacial score (nSPS) is 16.3. The number of nitriles is 1. The van der Waals surface area contributed by atoms with Gasteiger partial charge in [0.1, 0.15) is 27.7 Å². The number of amides is 1. The van der Waals surface area contributed by atoms with Crippen molar-refractivity contribution >= 4 is 54.8 Å². The van der Waals surface area contributed by atoms with Crippen molar-refractivity contribution in [1.82, 2.24) is 10.0 Å². The second kappa shape index (κ2) is 6.50. The van der Waals surface area contributed by atoms with Crippen molar-refractivity contribution in [2.24, 2.45) is 0 Å². The molecule has 1 saturated carbocycles. The summed E-state index contributed by atoms with van der Waals surface area (Å²) in [6, 6.07) is 13.1. The van der Waals surface area contributed by atoms with Crippen molar-refractivity contribution in [3.8, 4) is 6.07 Å². The van der Waals surface area contributed by atoms with Gasteiger partial charge in [-0.05, 0) is 49.2 Å². The molecule has 2 aromatic carbocycles. The fourth-order valence-corrected chi connectivity index (χ4v) is 3.95. The van der Waals surface area contributed by atoms with E-state index in [1.165, 1.54) is 0 Å². The van der Waals surface area contributed by atoms with E-state index < -0.39 is 16.5 Å². The van der Waals surface area contributed by atoms with Gasteiger partial charge < -0.3 is 9.73 Å². The van der Waals surface area contributed by atoms with Gasteiger partial charge in [0.05, 0.1) is 17.5 Å². The van der Waals surface area contributed by atoms with E-state index in [4.69, 9.17) is 9.68 Å². The summed E-state index contributed by atoms with van der Waals surface area (Å²) < 4.78 is 21.9. The summed E-state index contributed by atoms with van der Waals surface area (Å²) in [5.41, 5.74) is 0.737. The van der Waals surface area contributed by atoms with Crippen LogP contribution in [-0.2, 0) is 15.8 Å². The predicted octanol–water partition coefficient (Wildman–Crippen LogP) is 3.13. The van der Waals surface area contributed by atoms with E-state index in [2.05, 4.69) is 32.0 Å². The van der Waals surface area contributed by atoms with Crippen LogP contribution in [0.5, 0.6) is 0 Å². The number of carbonyl (C=O) groups excluding carboxylic acids is 1. The average Bonchev–Trinajstić information content (AvgIpc) is 3.31. The second-order valence-corrected chi connectivity index (χ2v) is 8.45. The molecule has 1 aliphatic rings. The quantitative estimate of drug-likeness (QED) is 0.648. The summed E-state index contributed by atoms with van der Waals surface area (Å²) in [6.45, 7) is -0.118. The Kier molecular flexibility index (Phi) is 4.31. The molecule has 2 N–H and O–H groups in total. The minimum atomic E-state index is -1.55. The predicted molar refractivity (Wildman–Crippen MR) is 102 cm³/mol. The van der Waals surface area contributed by atoms with Gasteiger partial charge in [0.15, 0.2) is 0 Å². The summed E-state index contributed by atoms with van der Waals surface area (Å²) in [6.07, 6.45) is 1.33. The van der Waals surface area contributed by atoms with Crippen LogP contribution in [0.4, 0.5) is 0 Å². The zero-order valence-corrected chi connectivity index (χ0v) is 15.9. The van der Waals surface area contributed by atoms with Crippen molar-refractivity contribution in [2.75, 3.05) is 6.54 Å². The van der Waals surface area contributed by atoms with Gasteiger partial charge >= 0.3 is 0 Å². The Labute approximate surface area is 160 Å². The van der Waals surface area contributed by atoms with E-state index in [1.54, 1.807) is 18.2 Å². The summed E-state index contributed by atoms with van der Waals surface area (Å²) in [7, 11) is -1.55. The Bertz CT molecular complexity index is 1100. The molecule has 0 saturated heterocycles. The topological polar surface area (TPSA) is 95.1 Å². The lowest BCUT2D eigenvalue weighted by Gasteiger charge is -2.09. The highest BCUT2D eigenvalue weighted by Crippen LogP contribution is 2.34. The smallest absolute Gasteiger partial charge is 0.236 e. The Morgan fingerprint density at radius 2 is 2.04 bits per heavy atom. The van der Waals surface area contributed by atoms with Crippen molar-refractivity contribution in [2.45, 2.75) is 23.3 Å². The molecule has 1 aromatic heterocycles. The summed E-state index contributed by atoms with van der Waals surface area (Å²) in [5, 5.41) is 13.5. The first-order valence-electron chi connectivity index (χ1n) is 7.99. The molecular formula is C18H14BrN3O3S. The first-order valence-corrected chi connectivity index (χ1v) is 9.93. The molecule has 1 aliphatic carbocycles. The number of carbonyl (C=O) groups is 1. The largest absolute Gasteiger partial charge is 0.456 e. The van der Waals surface area contributed by atoms with Crippen LogP contribution in [0, 0.1) is 11.3 Å². The SMILES string of the molecule is N#CC1(NC(=O)CNS(=O)c2ccc3oc4cc(Br)ccc4c3c2)CC1. The number of nitrogens with zero attached hydrogens (tertiary/aromatic N) is 1. The van der Waals surface area contributed by atoms with Gasteiger partial charge in [-0.25, -0.2) is 8.93 Å². The van der Waals surface area contributed by atoms with Crippen molar-refractivity contribution in [3.05, 3.63) is 40.9 Å². The van der Waals surface area contributed by atoms with E-state index in [9.17, 15) is 9.00 Å². The van der Waals surface area contributed by atoms with Crippen LogP contribution in [0.2, 0.25) is 0 Å². The monoisotopic (exact) mass is 431 g/mol. The first-order chi connectivity index (χ1) is 12.5. The molecule has 0 aliphatic heterocycles. The molecular weight excluding hydrogens is 418 g/mol. The maximum atomic E-state index is 12.5. The van der Waals surface area contributed by atoms with Crippen LogP contribution in [0.25, 0.3) is 21.9 Å². The maximum Gasteiger partial charge on any atom is 0.236 e. The highest BCUT2D eigenvalue weighted by atomic mass is 79.9. The van der Waals surface area contributed by atoms with Gasteiger partial charge in [-0.2, -0.15) is 5.26 Å². The Balaban J connectivity index is 1.51. The van der Waals surface area contributed by atoms with Crippen LogP contribution in [0.15, 0.2) is 50.2 Å². The Morgan fingerprint density at radius 1 is 1.23 bits per heavy atom. The summed E-state index contributed by atoms with van der Waals surface area (Å²) in [4.78, 5) is 12.4. The summed E-state index contributed by atoms with van der Waals surface area (Å²) in [5.74, 6) is -0.336. The highest BCUT2D eigenvalue weighted by molar-refractivity contribution is 9.10. The van der Waals surface area contributed by atoms with Crippen molar-refractivity contribution in [3.63, 3.8) is 0 Å². The van der Waals surface area contributed by atoms with Crippen molar-refractivity contribution < 1.29 is 13.4 Å². The molecule has 1 atom stereocenters. The van der Waals surface area contributed by atoms with Gasteiger partial charge in [-0.15, -0.1) is 0 Å². The van der Waals surface area contributed by atoms with Crippen LogP contribution in [-0.4, -0.2) is 22.2 Å². The molecule has 0 spiro atoms. The zero-order chi connectivity index (χ0) is 18.3. The van der Waals surface area contributed by atoms with Crippen LogP contribution >= 0.6 is 15.9 Å². The molecule has 1 unspecified atom stereocenters. The Morgan fingerprint density at radius 3 is 2.77 bits per heavy atom. The highest BCUT2D eigenvalue weighted by Gasteiger charge is 2.44. The van der Waals surface area contributed by atoms with Gasteiger partial charge in [0, 0.05) is 15.2 Å². The lowest BCUT2D eigenvalue weighted by atomic mass is 10.1. The standard InChI is InChI=1S/C18H14BrN3O3S/c19-11-1-3-13-14-8-12(2-4-15(14)25-16(13)7-11)26(24)21-9-17(23)22-18(10-20)5-6-18/h1-4,7-8,21H,5-6,9H2,(H,22,23). The molecule has 0 bridgehead atoms. The summed E-state index contributed by atoms with van der Waals surface area (Å²) >= 11 is 3.42. The molecule has 3 aromatic rings. The molecule has 4 rings (SSSR count). The van der Waals surface area contributed by atoms with Crippen molar-refractivity contribution in [1.29, 1.82) is 5.26 Å². The van der Waals surface area contributed by atoms with Gasteiger partial charge in [-0.3, -0.25) is 4.79 Å². The van der Waals surface area contributed by atoms with Gasteiger partial charge in [-0.1, -0.05) is 15.9 Å². The number of furan rings is 1. The first kappa shape index (κ1) is 17.2. The van der Waals surface area contributed by atoms with E-state index in [0.717, 1.165) is 20.8 Å².